The summed E-state index contributed by atoms with van der Waals surface area (Å²) in [6, 6.07) is 3.74. The van der Waals surface area contributed by atoms with Crippen LogP contribution in [0.2, 0.25) is 0 Å². The average Bonchev–Trinajstić information content (AvgIpc) is 3.39. The Kier molecular flexibility index (Phi) is 7.14. The van der Waals surface area contributed by atoms with E-state index in [9.17, 15) is 18.0 Å². The molecular weight excluding hydrogens is 428 g/mol. The van der Waals surface area contributed by atoms with Gasteiger partial charge in [0.15, 0.2) is 9.84 Å². The Morgan fingerprint density at radius 2 is 1.84 bits per heavy atom. The second kappa shape index (κ2) is 9.87. The highest BCUT2D eigenvalue weighted by molar-refractivity contribution is 7.91. The van der Waals surface area contributed by atoms with Gasteiger partial charge in [-0.05, 0) is 69.8 Å². The number of nitrogens with one attached hydrogen (secondary N) is 1. The predicted molar refractivity (Wildman–Crippen MR) is 123 cm³/mol. The van der Waals surface area contributed by atoms with Crippen molar-refractivity contribution < 1.29 is 18.0 Å². The van der Waals surface area contributed by atoms with Gasteiger partial charge in [0.25, 0.3) is 0 Å². The quantitative estimate of drug-likeness (QED) is 0.694. The summed E-state index contributed by atoms with van der Waals surface area (Å²) in [6.07, 6.45) is 7.78. The fourth-order valence-electron chi connectivity index (χ4n) is 5.34. The van der Waals surface area contributed by atoms with E-state index in [1.807, 2.05) is 24.0 Å². The second-order valence-electron chi connectivity index (χ2n) is 9.55. The van der Waals surface area contributed by atoms with Crippen LogP contribution in [-0.4, -0.2) is 78.2 Å². The van der Waals surface area contributed by atoms with E-state index in [4.69, 9.17) is 0 Å². The number of rotatable bonds is 6. The van der Waals surface area contributed by atoms with Crippen LogP contribution in [0.3, 0.4) is 0 Å². The molecule has 0 bridgehead atoms. The summed E-state index contributed by atoms with van der Waals surface area (Å²) in [5, 5.41) is 2.91. The number of carbonyl (C=O) groups is 2. The van der Waals surface area contributed by atoms with Crippen molar-refractivity contribution in [2.75, 3.05) is 36.5 Å². The number of amides is 2. The molecule has 0 spiro atoms. The van der Waals surface area contributed by atoms with E-state index >= 15 is 0 Å². The maximum atomic E-state index is 13.3. The Bertz CT molecular complexity index is 937. The summed E-state index contributed by atoms with van der Waals surface area (Å²) in [6.45, 7) is 3.64. The Labute approximate surface area is 190 Å². The number of hydrogen-bond donors (Lipinski definition) is 1. The number of likely N-dealkylation sites (tertiary alicyclic amines) is 1. The largest absolute Gasteiger partial charge is 0.335 e. The van der Waals surface area contributed by atoms with E-state index in [1.54, 1.807) is 6.20 Å². The first-order valence-electron chi connectivity index (χ1n) is 11.8. The van der Waals surface area contributed by atoms with Crippen LogP contribution in [0.15, 0.2) is 18.3 Å². The fourth-order valence-corrected chi connectivity index (χ4v) is 7.05. The van der Waals surface area contributed by atoms with Crippen molar-refractivity contribution in [2.45, 2.75) is 64.0 Å². The molecular formula is C23H34N4O4S. The fraction of sp³-hybridized carbons (Fsp3) is 0.696. The zero-order valence-corrected chi connectivity index (χ0v) is 19.6. The predicted octanol–water partition coefficient (Wildman–Crippen LogP) is 2.00. The van der Waals surface area contributed by atoms with Crippen molar-refractivity contribution in [1.82, 2.24) is 14.8 Å². The van der Waals surface area contributed by atoms with Gasteiger partial charge in [-0.25, -0.2) is 13.4 Å². The van der Waals surface area contributed by atoms with E-state index in [1.165, 1.54) is 0 Å². The minimum atomic E-state index is -3.04. The van der Waals surface area contributed by atoms with Crippen molar-refractivity contribution in [3.8, 4) is 0 Å². The summed E-state index contributed by atoms with van der Waals surface area (Å²) in [5.41, 5.74) is 1.05. The highest BCUT2D eigenvalue weighted by Gasteiger charge is 2.39. The minimum absolute atomic E-state index is 0.0159. The van der Waals surface area contributed by atoms with Gasteiger partial charge < -0.3 is 10.2 Å². The topological polar surface area (TPSA) is 99.7 Å². The van der Waals surface area contributed by atoms with Crippen LogP contribution in [0.25, 0.3) is 0 Å². The Hall–Kier alpha value is -2.00. The molecule has 1 unspecified atom stereocenters. The van der Waals surface area contributed by atoms with Crippen LogP contribution in [0, 0.1) is 12.8 Å². The number of pyridine rings is 1. The number of hydrogen-bond acceptors (Lipinski definition) is 6. The van der Waals surface area contributed by atoms with E-state index in [0.717, 1.165) is 31.2 Å². The minimum Gasteiger partial charge on any atom is -0.335 e. The maximum Gasteiger partial charge on any atom is 0.237 e. The van der Waals surface area contributed by atoms with E-state index in [0.29, 0.717) is 44.7 Å². The molecule has 1 saturated carbocycles. The molecule has 0 aromatic carbocycles. The lowest BCUT2D eigenvalue weighted by molar-refractivity contribution is -0.137. The lowest BCUT2D eigenvalue weighted by Gasteiger charge is -2.37. The molecule has 1 aromatic heterocycles. The molecule has 8 nitrogen and oxygen atoms in total. The SMILES string of the molecule is Cc1ccnc(NC(=O)C2CCN(CC(=O)N(C3CCCC3)C3CCS(=O)(=O)C3)CC2)c1. The number of anilines is 1. The van der Waals surface area contributed by atoms with Crippen LogP contribution in [0.5, 0.6) is 0 Å². The molecule has 1 N–H and O–H groups in total. The summed E-state index contributed by atoms with van der Waals surface area (Å²) >= 11 is 0. The number of piperidine rings is 1. The molecule has 2 aliphatic heterocycles. The van der Waals surface area contributed by atoms with Gasteiger partial charge in [-0.15, -0.1) is 0 Å². The highest BCUT2D eigenvalue weighted by atomic mass is 32.2. The molecule has 2 amide bonds. The maximum absolute atomic E-state index is 13.3. The average molecular weight is 463 g/mol. The first kappa shape index (κ1) is 23.2. The van der Waals surface area contributed by atoms with Gasteiger partial charge in [0.05, 0.1) is 18.1 Å². The van der Waals surface area contributed by atoms with Gasteiger partial charge in [0.2, 0.25) is 11.8 Å². The first-order valence-corrected chi connectivity index (χ1v) is 13.6. The van der Waals surface area contributed by atoms with E-state index in [-0.39, 0.29) is 41.3 Å². The third-order valence-electron chi connectivity index (χ3n) is 7.09. The number of aromatic nitrogens is 1. The zero-order valence-electron chi connectivity index (χ0n) is 18.8. The Morgan fingerprint density at radius 3 is 2.47 bits per heavy atom. The summed E-state index contributed by atoms with van der Waals surface area (Å²) in [5.74, 6) is 0.805. The molecule has 2 saturated heterocycles. The summed E-state index contributed by atoms with van der Waals surface area (Å²) in [4.78, 5) is 34.1. The molecule has 0 radical (unpaired) electrons. The van der Waals surface area contributed by atoms with Crippen LogP contribution in [-0.2, 0) is 19.4 Å². The number of carbonyl (C=O) groups excluding carboxylic acids is 2. The molecule has 3 fully saturated rings. The molecule has 3 aliphatic rings. The van der Waals surface area contributed by atoms with E-state index < -0.39 is 9.84 Å². The standard InChI is InChI=1S/C23H34N4O4S/c1-17-6-10-24-21(14-17)25-23(29)18-7-11-26(12-8-18)15-22(28)27(19-4-2-3-5-19)20-9-13-32(30,31)16-20/h6,10,14,18-20H,2-5,7-9,11-13,15-16H2,1H3,(H,24,25,29). The first-order chi connectivity index (χ1) is 15.3. The van der Waals surface area contributed by atoms with Crippen molar-refractivity contribution in [3.63, 3.8) is 0 Å². The molecule has 1 aromatic rings. The van der Waals surface area contributed by atoms with Gasteiger partial charge in [0.1, 0.15) is 5.82 Å². The highest BCUT2D eigenvalue weighted by Crippen LogP contribution is 2.30. The molecule has 4 rings (SSSR count). The summed E-state index contributed by atoms with van der Waals surface area (Å²) in [7, 11) is -3.04. The number of sulfone groups is 1. The van der Waals surface area contributed by atoms with Crippen LogP contribution < -0.4 is 5.32 Å². The van der Waals surface area contributed by atoms with Crippen LogP contribution >= 0.6 is 0 Å². The molecule has 32 heavy (non-hydrogen) atoms. The Balaban J connectivity index is 1.31. The monoisotopic (exact) mass is 462 g/mol. The Morgan fingerprint density at radius 1 is 1.12 bits per heavy atom. The molecule has 1 aliphatic carbocycles. The number of aryl methyl sites for hydroxylation is 1. The van der Waals surface area contributed by atoms with Crippen molar-refractivity contribution in [1.29, 1.82) is 0 Å². The molecule has 3 heterocycles. The van der Waals surface area contributed by atoms with Crippen LogP contribution in [0.1, 0.15) is 50.5 Å². The van der Waals surface area contributed by atoms with Gasteiger partial charge in [-0.1, -0.05) is 12.8 Å². The van der Waals surface area contributed by atoms with Gasteiger partial charge in [0, 0.05) is 24.2 Å². The van der Waals surface area contributed by atoms with E-state index in [2.05, 4.69) is 15.2 Å². The van der Waals surface area contributed by atoms with Gasteiger partial charge in [-0.2, -0.15) is 0 Å². The summed E-state index contributed by atoms with van der Waals surface area (Å²) < 4.78 is 24.1. The normalized spacial score (nSPS) is 24.5. The van der Waals surface area contributed by atoms with Gasteiger partial charge >= 0.3 is 0 Å². The zero-order chi connectivity index (χ0) is 22.7. The third kappa shape index (κ3) is 5.67. The van der Waals surface area contributed by atoms with Crippen molar-refractivity contribution in [2.24, 2.45) is 5.92 Å². The lowest BCUT2D eigenvalue weighted by atomic mass is 9.95. The second-order valence-corrected chi connectivity index (χ2v) is 11.8. The lowest BCUT2D eigenvalue weighted by Crippen LogP contribution is -2.51. The van der Waals surface area contributed by atoms with Crippen molar-refractivity contribution >= 4 is 27.5 Å². The number of nitrogens with zero attached hydrogens (tertiary/aromatic N) is 3. The molecule has 9 heteroatoms. The third-order valence-corrected chi connectivity index (χ3v) is 8.84. The molecule has 1 atom stereocenters. The smallest absolute Gasteiger partial charge is 0.237 e. The molecule has 176 valence electrons. The van der Waals surface area contributed by atoms with Gasteiger partial charge in [-0.3, -0.25) is 14.5 Å². The van der Waals surface area contributed by atoms with Crippen molar-refractivity contribution in [3.05, 3.63) is 23.9 Å². The van der Waals surface area contributed by atoms with Crippen LogP contribution in [0.4, 0.5) is 5.82 Å².